The van der Waals surface area contributed by atoms with E-state index in [4.69, 9.17) is 4.98 Å². The molecule has 2 aliphatic rings. The minimum Gasteiger partial charge on any atom is -0.308 e. The van der Waals surface area contributed by atoms with E-state index in [1.165, 1.54) is 37.8 Å². The van der Waals surface area contributed by atoms with Crippen LogP contribution in [0.15, 0.2) is 18.2 Å². The smallest absolute Gasteiger partial charge is 0.0547 e. The average molecular weight is 287 g/mol. The Hall–Kier alpha value is -0.930. The Morgan fingerprint density at radius 3 is 2.71 bits per heavy atom. The molecule has 1 saturated carbocycles. The van der Waals surface area contributed by atoms with Gasteiger partial charge >= 0.3 is 0 Å². The lowest BCUT2D eigenvalue weighted by molar-refractivity contribution is 0.00443. The van der Waals surface area contributed by atoms with Gasteiger partial charge in [-0.1, -0.05) is 25.8 Å². The molecule has 0 amide bonds. The molecule has 0 aromatic carbocycles. The number of hydrogen-bond donors (Lipinski definition) is 1. The molecule has 0 radical (unpaired) electrons. The fourth-order valence-electron chi connectivity index (χ4n) is 4.00. The molecule has 1 aliphatic carbocycles. The summed E-state index contributed by atoms with van der Waals surface area (Å²) >= 11 is 0. The maximum atomic E-state index is 4.73. The first-order chi connectivity index (χ1) is 10.1. The van der Waals surface area contributed by atoms with Crippen LogP contribution in [0.1, 0.15) is 57.3 Å². The first-order valence-electron chi connectivity index (χ1n) is 8.48. The minimum atomic E-state index is 0.248. The average Bonchev–Trinajstić information content (AvgIpc) is 2.94. The predicted octanol–water partition coefficient (Wildman–Crippen LogP) is 3.28. The highest BCUT2D eigenvalue weighted by Gasteiger charge is 2.46. The molecule has 2 fully saturated rings. The molecule has 116 valence electrons. The van der Waals surface area contributed by atoms with E-state index in [1.54, 1.807) is 0 Å². The van der Waals surface area contributed by atoms with Crippen molar-refractivity contribution in [3.05, 3.63) is 29.6 Å². The molecule has 1 unspecified atom stereocenters. The topological polar surface area (TPSA) is 28.2 Å². The normalized spacial score (nSPS) is 29.1. The summed E-state index contributed by atoms with van der Waals surface area (Å²) in [6.45, 7) is 10.0. The summed E-state index contributed by atoms with van der Waals surface area (Å²) in [5.41, 5.74) is 2.97. The van der Waals surface area contributed by atoms with Crippen LogP contribution in [0, 0.1) is 6.92 Å². The van der Waals surface area contributed by atoms with E-state index >= 15 is 0 Å². The number of hydrogen-bond acceptors (Lipinski definition) is 3. The van der Waals surface area contributed by atoms with E-state index in [2.05, 4.69) is 49.2 Å². The van der Waals surface area contributed by atoms with E-state index in [0.717, 1.165) is 25.3 Å². The molecular formula is C18H29N3. The van der Waals surface area contributed by atoms with Crippen LogP contribution >= 0.6 is 0 Å². The van der Waals surface area contributed by atoms with Crippen molar-refractivity contribution in [3.63, 3.8) is 0 Å². The second-order valence-electron chi connectivity index (χ2n) is 7.33. The Morgan fingerprint density at radius 1 is 1.29 bits per heavy atom. The van der Waals surface area contributed by atoms with Crippen molar-refractivity contribution in [2.45, 2.75) is 70.5 Å². The van der Waals surface area contributed by atoms with Gasteiger partial charge in [0.2, 0.25) is 0 Å². The Kier molecular flexibility index (Phi) is 4.06. The van der Waals surface area contributed by atoms with Gasteiger partial charge in [0, 0.05) is 36.4 Å². The monoisotopic (exact) mass is 287 g/mol. The zero-order valence-corrected chi connectivity index (χ0v) is 13.8. The highest BCUT2D eigenvalue weighted by Crippen LogP contribution is 2.39. The molecule has 1 aliphatic heterocycles. The number of nitrogens with one attached hydrogen (secondary N) is 1. The van der Waals surface area contributed by atoms with Crippen molar-refractivity contribution in [1.82, 2.24) is 15.2 Å². The summed E-state index contributed by atoms with van der Waals surface area (Å²) in [6, 6.07) is 6.41. The van der Waals surface area contributed by atoms with Crippen molar-refractivity contribution in [3.8, 4) is 0 Å². The van der Waals surface area contributed by atoms with Crippen LogP contribution in [-0.2, 0) is 6.54 Å². The summed E-state index contributed by atoms with van der Waals surface area (Å²) in [6.07, 6.45) is 6.61. The third-order valence-electron chi connectivity index (χ3n) is 5.67. The summed E-state index contributed by atoms with van der Waals surface area (Å²) in [7, 11) is 0. The summed E-state index contributed by atoms with van der Waals surface area (Å²) in [4.78, 5) is 7.47. The minimum absolute atomic E-state index is 0.248. The standard InChI is InChI=1S/C18H29N3/c1-4-17(3)14-21(12-16-9-7-8-15(2)20-16)18(13-19-17)10-5-6-11-18/h7-9,19H,4-6,10-14H2,1-3H3. The van der Waals surface area contributed by atoms with Crippen molar-refractivity contribution >= 4 is 0 Å². The third-order valence-corrected chi connectivity index (χ3v) is 5.67. The molecule has 1 aromatic heterocycles. The van der Waals surface area contributed by atoms with Crippen LogP contribution in [-0.4, -0.2) is 34.1 Å². The molecule has 3 nitrogen and oxygen atoms in total. The van der Waals surface area contributed by atoms with E-state index < -0.39 is 0 Å². The van der Waals surface area contributed by atoms with E-state index in [-0.39, 0.29) is 5.54 Å². The van der Waals surface area contributed by atoms with Gasteiger partial charge in [-0.15, -0.1) is 0 Å². The zero-order valence-electron chi connectivity index (χ0n) is 13.8. The predicted molar refractivity (Wildman–Crippen MR) is 87.3 cm³/mol. The number of aromatic nitrogens is 1. The van der Waals surface area contributed by atoms with Gasteiger partial charge in [0.1, 0.15) is 0 Å². The molecule has 1 spiro atoms. The molecular weight excluding hydrogens is 258 g/mol. The number of aryl methyl sites for hydroxylation is 1. The van der Waals surface area contributed by atoms with Crippen LogP contribution in [0.25, 0.3) is 0 Å². The first-order valence-corrected chi connectivity index (χ1v) is 8.48. The fraction of sp³-hybridized carbons (Fsp3) is 0.722. The van der Waals surface area contributed by atoms with Crippen LogP contribution in [0.3, 0.4) is 0 Å². The van der Waals surface area contributed by atoms with Crippen molar-refractivity contribution in [1.29, 1.82) is 0 Å². The molecule has 1 aromatic rings. The van der Waals surface area contributed by atoms with Crippen molar-refractivity contribution < 1.29 is 0 Å². The molecule has 21 heavy (non-hydrogen) atoms. The Balaban J connectivity index is 1.83. The highest BCUT2D eigenvalue weighted by molar-refractivity contribution is 5.13. The third kappa shape index (κ3) is 3.00. The summed E-state index contributed by atoms with van der Waals surface area (Å²) < 4.78 is 0. The van der Waals surface area contributed by atoms with Gasteiger partial charge in [0.25, 0.3) is 0 Å². The molecule has 0 bridgehead atoms. The highest BCUT2D eigenvalue weighted by atomic mass is 15.3. The maximum Gasteiger partial charge on any atom is 0.0547 e. The lowest BCUT2D eigenvalue weighted by atomic mass is 9.85. The van der Waals surface area contributed by atoms with Gasteiger partial charge in [-0.05, 0) is 45.2 Å². The molecule has 1 atom stereocenters. The van der Waals surface area contributed by atoms with Gasteiger partial charge in [-0.3, -0.25) is 9.88 Å². The first kappa shape index (κ1) is 15.0. The molecule has 3 rings (SSSR count). The second-order valence-corrected chi connectivity index (χ2v) is 7.33. The Bertz CT molecular complexity index is 493. The van der Waals surface area contributed by atoms with Crippen molar-refractivity contribution in [2.75, 3.05) is 13.1 Å². The largest absolute Gasteiger partial charge is 0.308 e. The van der Waals surface area contributed by atoms with Gasteiger partial charge in [0.05, 0.1) is 5.69 Å². The van der Waals surface area contributed by atoms with E-state index in [0.29, 0.717) is 5.54 Å². The number of rotatable bonds is 3. The van der Waals surface area contributed by atoms with Crippen LogP contribution in [0.2, 0.25) is 0 Å². The number of pyridine rings is 1. The summed E-state index contributed by atoms with van der Waals surface area (Å²) in [5, 5.41) is 3.84. The molecule has 3 heteroatoms. The fourth-order valence-corrected chi connectivity index (χ4v) is 4.00. The lowest BCUT2D eigenvalue weighted by Crippen LogP contribution is -2.67. The van der Waals surface area contributed by atoms with Crippen molar-refractivity contribution in [2.24, 2.45) is 0 Å². The molecule has 1 N–H and O–H groups in total. The van der Waals surface area contributed by atoms with Crippen LogP contribution in [0.4, 0.5) is 0 Å². The zero-order chi connectivity index (χ0) is 14.9. The van der Waals surface area contributed by atoms with Crippen LogP contribution in [0.5, 0.6) is 0 Å². The van der Waals surface area contributed by atoms with Gasteiger partial charge < -0.3 is 5.32 Å². The van der Waals surface area contributed by atoms with Gasteiger partial charge in [0.15, 0.2) is 0 Å². The summed E-state index contributed by atoms with van der Waals surface area (Å²) in [5.74, 6) is 0. The maximum absolute atomic E-state index is 4.73. The molecule has 2 heterocycles. The van der Waals surface area contributed by atoms with E-state index in [1.807, 2.05) is 0 Å². The second kappa shape index (κ2) is 5.69. The Labute approximate surface area is 129 Å². The lowest BCUT2D eigenvalue weighted by Gasteiger charge is -2.52. The SMILES string of the molecule is CCC1(C)CN(Cc2cccc(C)n2)C2(CCCC2)CN1. The molecule has 1 saturated heterocycles. The Morgan fingerprint density at radius 2 is 2.05 bits per heavy atom. The van der Waals surface area contributed by atoms with Gasteiger partial charge in [-0.25, -0.2) is 0 Å². The number of piperazine rings is 1. The quantitative estimate of drug-likeness (QED) is 0.925. The van der Waals surface area contributed by atoms with Crippen LogP contribution < -0.4 is 5.32 Å². The number of nitrogens with zero attached hydrogens (tertiary/aromatic N) is 2. The van der Waals surface area contributed by atoms with Gasteiger partial charge in [-0.2, -0.15) is 0 Å². The van der Waals surface area contributed by atoms with E-state index in [9.17, 15) is 0 Å².